The van der Waals surface area contributed by atoms with E-state index in [0.29, 0.717) is 0 Å². The molecule has 0 unspecified atom stereocenters. The topological polar surface area (TPSA) is 70.8 Å². The van der Waals surface area contributed by atoms with Gasteiger partial charge in [0.2, 0.25) is 0 Å². The van der Waals surface area contributed by atoms with Crippen molar-refractivity contribution in [2.45, 2.75) is 32.7 Å². The first-order valence-electron chi connectivity index (χ1n) is 5.50. The van der Waals surface area contributed by atoms with Crippen LogP contribution in [-0.2, 0) is 4.74 Å². The number of hydrogen-bond acceptors (Lipinski definition) is 5. The van der Waals surface area contributed by atoms with Crippen LogP contribution in [0.3, 0.4) is 0 Å². The van der Waals surface area contributed by atoms with E-state index in [9.17, 15) is 13.6 Å². The Hall–Kier alpha value is -2.05. The van der Waals surface area contributed by atoms with Crippen molar-refractivity contribution in [2.75, 3.05) is 5.73 Å². The number of esters is 1. The molecule has 19 heavy (non-hydrogen) atoms. The number of anilines is 1. The number of fused-ring (bicyclic) bond motifs is 1. The summed E-state index contributed by atoms with van der Waals surface area (Å²) in [6.45, 7) is 4.97. The molecule has 0 bridgehead atoms. The Morgan fingerprint density at radius 3 is 2.53 bits per heavy atom. The largest absolute Gasteiger partial charge is 0.586 e. The van der Waals surface area contributed by atoms with Crippen LogP contribution in [-0.4, -0.2) is 17.9 Å². The van der Waals surface area contributed by atoms with Gasteiger partial charge in [-0.05, 0) is 26.8 Å². The smallest absolute Gasteiger partial charge is 0.456 e. The number of nitrogen functional groups attached to an aromatic ring is 1. The summed E-state index contributed by atoms with van der Waals surface area (Å²) in [5.41, 5.74) is 4.67. The maximum atomic E-state index is 13.0. The van der Waals surface area contributed by atoms with Gasteiger partial charge in [-0.1, -0.05) is 0 Å². The summed E-state index contributed by atoms with van der Waals surface area (Å²) >= 11 is 0. The molecule has 0 atom stereocenters. The monoisotopic (exact) mass is 273 g/mol. The van der Waals surface area contributed by atoms with Crippen LogP contribution in [0.15, 0.2) is 12.1 Å². The summed E-state index contributed by atoms with van der Waals surface area (Å²) in [5.74, 6) is -1.46. The first kappa shape index (κ1) is 13.4. The third-order valence-corrected chi connectivity index (χ3v) is 2.15. The molecule has 0 saturated carbocycles. The first-order chi connectivity index (χ1) is 8.57. The molecule has 0 aliphatic carbocycles. The number of halogens is 2. The molecule has 0 spiro atoms. The van der Waals surface area contributed by atoms with Crippen molar-refractivity contribution in [1.29, 1.82) is 0 Å². The van der Waals surface area contributed by atoms with Crippen molar-refractivity contribution in [1.82, 2.24) is 0 Å². The molecule has 104 valence electrons. The van der Waals surface area contributed by atoms with Crippen molar-refractivity contribution in [3.63, 3.8) is 0 Å². The van der Waals surface area contributed by atoms with E-state index in [-0.39, 0.29) is 22.7 Å². The maximum absolute atomic E-state index is 13.0. The van der Waals surface area contributed by atoms with Gasteiger partial charge < -0.3 is 19.9 Å². The van der Waals surface area contributed by atoms with Gasteiger partial charge >= 0.3 is 12.3 Å². The van der Waals surface area contributed by atoms with Gasteiger partial charge in [-0.3, -0.25) is 0 Å². The van der Waals surface area contributed by atoms with E-state index in [1.54, 1.807) is 20.8 Å². The molecule has 1 heterocycles. The number of hydrogen-bond donors (Lipinski definition) is 1. The average molecular weight is 273 g/mol. The Morgan fingerprint density at radius 2 is 1.95 bits per heavy atom. The summed E-state index contributed by atoms with van der Waals surface area (Å²) in [6.07, 6.45) is -3.81. The highest BCUT2D eigenvalue weighted by atomic mass is 19.3. The van der Waals surface area contributed by atoms with Gasteiger partial charge in [-0.2, -0.15) is 0 Å². The minimum Gasteiger partial charge on any atom is -0.456 e. The summed E-state index contributed by atoms with van der Waals surface area (Å²) in [4.78, 5) is 11.9. The number of carbonyl (C=O) groups excluding carboxylic acids is 1. The second-order valence-electron chi connectivity index (χ2n) is 5.07. The van der Waals surface area contributed by atoms with Gasteiger partial charge in [0.05, 0.1) is 0 Å². The lowest BCUT2D eigenvalue weighted by Gasteiger charge is -2.20. The molecular formula is C12H13F2NO4. The van der Waals surface area contributed by atoms with Crippen LogP contribution >= 0.6 is 0 Å². The van der Waals surface area contributed by atoms with Crippen molar-refractivity contribution in [3.05, 3.63) is 17.7 Å². The van der Waals surface area contributed by atoms with E-state index in [2.05, 4.69) is 9.47 Å². The molecule has 1 aliphatic rings. The Kier molecular flexibility index (Phi) is 2.80. The molecule has 0 amide bonds. The molecule has 7 heteroatoms. The normalized spacial score (nSPS) is 16.3. The summed E-state index contributed by atoms with van der Waals surface area (Å²) in [7, 11) is 0. The summed E-state index contributed by atoms with van der Waals surface area (Å²) < 4.78 is 39.7. The van der Waals surface area contributed by atoms with Crippen LogP contribution < -0.4 is 15.2 Å². The minimum atomic E-state index is -3.81. The highest BCUT2D eigenvalue weighted by Gasteiger charge is 2.46. The molecule has 2 N–H and O–H groups in total. The molecule has 5 nitrogen and oxygen atoms in total. The van der Waals surface area contributed by atoms with Crippen LogP contribution in [0.2, 0.25) is 0 Å². The van der Waals surface area contributed by atoms with Gasteiger partial charge in [-0.15, -0.1) is 8.78 Å². The van der Waals surface area contributed by atoms with Gasteiger partial charge in [0.1, 0.15) is 11.2 Å². The predicted molar refractivity (Wildman–Crippen MR) is 62.2 cm³/mol. The third-order valence-electron chi connectivity index (χ3n) is 2.15. The highest BCUT2D eigenvalue weighted by molar-refractivity contribution is 5.95. The molecule has 2 rings (SSSR count). The fraction of sp³-hybridized carbons (Fsp3) is 0.417. The van der Waals surface area contributed by atoms with Gasteiger partial charge in [0.15, 0.2) is 11.5 Å². The maximum Gasteiger partial charge on any atom is 0.586 e. The molecule has 0 radical (unpaired) electrons. The molecule has 1 aromatic carbocycles. The average Bonchev–Trinajstić information content (AvgIpc) is 2.47. The zero-order valence-corrected chi connectivity index (χ0v) is 10.6. The second kappa shape index (κ2) is 3.97. The van der Waals surface area contributed by atoms with E-state index >= 15 is 0 Å². The van der Waals surface area contributed by atoms with Crippen molar-refractivity contribution in [3.8, 4) is 11.5 Å². The Morgan fingerprint density at radius 1 is 1.32 bits per heavy atom. The fourth-order valence-electron chi connectivity index (χ4n) is 1.56. The standard InChI is InChI=1S/C12H13F2NO4/c1-11(2,3)19-10(16)7-4-6(15)5-8-9(7)18-12(13,14)17-8/h4-5H,15H2,1-3H3. The number of alkyl halides is 2. The highest BCUT2D eigenvalue weighted by Crippen LogP contribution is 2.45. The predicted octanol–water partition coefficient (Wildman–Crippen LogP) is 2.55. The fourth-order valence-corrected chi connectivity index (χ4v) is 1.56. The van der Waals surface area contributed by atoms with E-state index in [1.807, 2.05) is 0 Å². The molecular weight excluding hydrogens is 260 g/mol. The van der Waals surface area contributed by atoms with E-state index in [0.717, 1.165) is 6.07 Å². The lowest BCUT2D eigenvalue weighted by atomic mass is 10.1. The van der Waals surface area contributed by atoms with Crippen LogP contribution in [0, 0.1) is 0 Å². The van der Waals surface area contributed by atoms with Crippen molar-refractivity contribution in [2.24, 2.45) is 0 Å². The molecule has 1 aliphatic heterocycles. The Balaban J connectivity index is 2.41. The third kappa shape index (κ3) is 2.86. The van der Waals surface area contributed by atoms with Crippen LogP contribution in [0.1, 0.15) is 31.1 Å². The molecule has 0 aromatic heterocycles. The zero-order chi connectivity index (χ0) is 14.4. The molecule has 0 fully saturated rings. The Labute approximate surface area is 108 Å². The van der Waals surface area contributed by atoms with Gasteiger partial charge in [0.25, 0.3) is 0 Å². The van der Waals surface area contributed by atoms with Gasteiger partial charge in [0, 0.05) is 11.8 Å². The van der Waals surface area contributed by atoms with Gasteiger partial charge in [-0.25, -0.2) is 4.79 Å². The lowest BCUT2D eigenvalue weighted by Crippen LogP contribution is -2.27. The Bertz CT molecular complexity index is 537. The van der Waals surface area contributed by atoms with E-state index in [1.165, 1.54) is 6.07 Å². The number of benzene rings is 1. The molecule has 1 aromatic rings. The lowest BCUT2D eigenvalue weighted by molar-refractivity contribution is -0.286. The minimum absolute atomic E-state index is 0.0981. The number of rotatable bonds is 1. The second-order valence-corrected chi connectivity index (χ2v) is 5.07. The number of nitrogens with two attached hydrogens (primary N) is 1. The summed E-state index contributed by atoms with van der Waals surface area (Å²) in [5, 5.41) is 0. The van der Waals surface area contributed by atoms with Crippen LogP contribution in [0.25, 0.3) is 0 Å². The van der Waals surface area contributed by atoms with Crippen molar-refractivity contribution >= 4 is 11.7 Å². The molecule has 0 saturated heterocycles. The number of ether oxygens (including phenoxy) is 3. The first-order valence-corrected chi connectivity index (χ1v) is 5.50. The van der Waals surface area contributed by atoms with Crippen molar-refractivity contribution < 1.29 is 27.8 Å². The quantitative estimate of drug-likeness (QED) is 0.629. The van der Waals surface area contributed by atoms with Crippen LogP contribution in [0.4, 0.5) is 14.5 Å². The zero-order valence-electron chi connectivity index (χ0n) is 10.6. The van der Waals surface area contributed by atoms with Crippen LogP contribution in [0.5, 0.6) is 11.5 Å². The van der Waals surface area contributed by atoms with E-state index in [4.69, 9.17) is 10.5 Å². The summed E-state index contributed by atoms with van der Waals surface area (Å²) in [6, 6.07) is 2.36. The SMILES string of the molecule is CC(C)(C)OC(=O)c1cc(N)cc2c1OC(F)(F)O2. The van der Waals surface area contributed by atoms with E-state index < -0.39 is 17.9 Å². The number of carbonyl (C=O) groups is 1.